The third-order valence-electron chi connectivity index (χ3n) is 1.71. The van der Waals surface area contributed by atoms with Gasteiger partial charge in [-0.1, -0.05) is 0 Å². The molecular formula is C9H10N2OS. The van der Waals surface area contributed by atoms with Gasteiger partial charge in [-0.15, -0.1) is 11.3 Å². The van der Waals surface area contributed by atoms with Gasteiger partial charge in [0.05, 0.1) is 0 Å². The number of nitriles is 1. The number of nitrogens with one attached hydrogen (secondary N) is 1. The first-order valence-electron chi connectivity index (χ1n) is 3.95. The molecule has 0 radical (unpaired) electrons. The molecule has 0 saturated carbocycles. The minimum Gasteiger partial charge on any atom is -0.343 e. The van der Waals surface area contributed by atoms with Gasteiger partial charge in [0, 0.05) is 11.4 Å². The molecule has 1 N–H and O–H groups in total. The molecule has 0 aliphatic heterocycles. The highest BCUT2D eigenvalue weighted by Crippen LogP contribution is 2.15. The normalized spacial score (nSPS) is 9.23. The first-order valence-corrected chi connectivity index (χ1v) is 4.83. The molecule has 0 aliphatic rings. The van der Waals surface area contributed by atoms with E-state index in [0.717, 1.165) is 6.42 Å². The number of carbonyl (C=O) groups excluding carboxylic acids is 1. The Morgan fingerprint density at radius 3 is 3.08 bits per heavy atom. The summed E-state index contributed by atoms with van der Waals surface area (Å²) < 4.78 is 0. The zero-order chi connectivity index (χ0) is 9.68. The number of rotatable bonds is 3. The molecule has 0 spiro atoms. The predicted octanol–water partition coefficient (Wildman–Crippen LogP) is 1.24. The van der Waals surface area contributed by atoms with E-state index in [1.165, 1.54) is 16.5 Å². The fraction of sp³-hybridized carbons (Fsp3) is 0.333. The van der Waals surface area contributed by atoms with E-state index in [0.29, 0.717) is 6.54 Å². The number of amides is 1. The molecule has 1 amide bonds. The van der Waals surface area contributed by atoms with E-state index in [4.69, 9.17) is 5.26 Å². The molecule has 0 fully saturated rings. The highest BCUT2D eigenvalue weighted by atomic mass is 32.1. The zero-order valence-corrected chi connectivity index (χ0v) is 8.15. The molecule has 0 saturated heterocycles. The minimum absolute atomic E-state index is 0.535. The van der Waals surface area contributed by atoms with Crippen molar-refractivity contribution in [2.75, 3.05) is 6.54 Å². The second kappa shape index (κ2) is 4.63. The molecule has 1 aromatic heterocycles. The van der Waals surface area contributed by atoms with Gasteiger partial charge in [0.15, 0.2) is 6.07 Å². The molecule has 1 heterocycles. The summed E-state index contributed by atoms with van der Waals surface area (Å²) >= 11 is 1.67. The lowest BCUT2D eigenvalue weighted by Crippen LogP contribution is -2.23. The van der Waals surface area contributed by atoms with E-state index in [1.807, 2.05) is 18.4 Å². The lowest BCUT2D eigenvalue weighted by molar-refractivity contribution is -0.115. The van der Waals surface area contributed by atoms with Gasteiger partial charge in [0.2, 0.25) is 0 Å². The van der Waals surface area contributed by atoms with Crippen LogP contribution in [-0.4, -0.2) is 12.5 Å². The molecule has 0 unspecified atom stereocenters. The van der Waals surface area contributed by atoms with E-state index in [9.17, 15) is 4.79 Å². The predicted molar refractivity (Wildman–Crippen MR) is 51.4 cm³/mol. The van der Waals surface area contributed by atoms with Crippen molar-refractivity contribution in [3.63, 3.8) is 0 Å². The second-order valence-corrected chi connectivity index (χ2v) is 3.65. The van der Waals surface area contributed by atoms with Crippen LogP contribution >= 0.6 is 11.3 Å². The Balaban J connectivity index is 2.33. The summed E-state index contributed by atoms with van der Waals surface area (Å²) in [4.78, 5) is 11.8. The molecule has 1 rings (SSSR count). The molecule has 0 bridgehead atoms. The Bertz CT molecular complexity index is 338. The Hall–Kier alpha value is -1.34. The van der Waals surface area contributed by atoms with Crippen LogP contribution in [0.15, 0.2) is 11.4 Å². The van der Waals surface area contributed by atoms with Gasteiger partial charge in [-0.3, -0.25) is 4.79 Å². The van der Waals surface area contributed by atoms with Crippen LogP contribution in [0.4, 0.5) is 0 Å². The molecule has 0 atom stereocenters. The van der Waals surface area contributed by atoms with Crippen LogP contribution in [0.5, 0.6) is 0 Å². The molecule has 1 aromatic rings. The molecule has 0 aromatic carbocycles. The summed E-state index contributed by atoms with van der Waals surface area (Å²) in [6.45, 7) is 2.58. The largest absolute Gasteiger partial charge is 0.343 e. The first kappa shape index (κ1) is 9.75. The van der Waals surface area contributed by atoms with Crippen molar-refractivity contribution >= 4 is 17.2 Å². The second-order valence-electron chi connectivity index (χ2n) is 2.64. The minimum atomic E-state index is -0.561. The number of carbonyl (C=O) groups is 1. The highest BCUT2D eigenvalue weighted by molar-refractivity contribution is 7.10. The van der Waals surface area contributed by atoms with Crippen LogP contribution in [0, 0.1) is 18.3 Å². The van der Waals surface area contributed by atoms with E-state index in [1.54, 1.807) is 11.3 Å². The Morgan fingerprint density at radius 2 is 2.54 bits per heavy atom. The zero-order valence-electron chi connectivity index (χ0n) is 7.33. The van der Waals surface area contributed by atoms with Crippen molar-refractivity contribution < 1.29 is 4.79 Å². The maximum Gasteiger partial charge on any atom is 0.322 e. The van der Waals surface area contributed by atoms with Crippen LogP contribution in [0.25, 0.3) is 0 Å². The molecule has 0 aliphatic carbocycles. The number of thiophene rings is 1. The highest BCUT2D eigenvalue weighted by Gasteiger charge is 2.00. The smallest absolute Gasteiger partial charge is 0.322 e. The summed E-state index contributed by atoms with van der Waals surface area (Å²) in [5.74, 6) is -0.561. The van der Waals surface area contributed by atoms with Crippen molar-refractivity contribution in [1.29, 1.82) is 5.26 Å². The van der Waals surface area contributed by atoms with Gasteiger partial charge < -0.3 is 5.32 Å². The van der Waals surface area contributed by atoms with Gasteiger partial charge in [-0.25, -0.2) is 0 Å². The van der Waals surface area contributed by atoms with Crippen molar-refractivity contribution in [2.45, 2.75) is 13.3 Å². The average molecular weight is 194 g/mol. The van der Waals surface area contributed by atoms with Crippen LogP contribution in [-0.2, 0) is 11.2 Å². The summed E-state index contributed by atoms with van der Waals surface area (Å²) in [6, 6.07) is 3.56. The summed E-state index contributed by atoms with van der Waals surface area (Å²) in [5.41, 5.74) is 1.25. The lowest BCUT2D eigenvalue weighted by atomic mass is 10.2. The van der Waals surface area contributed by atoms with Crippen molar-refractivity contribution in [3.8, 4) is 6.07 Å². The van der Waals surface area contributed by atoms with Crippen molar-refractivity contribution in [3.05, 3.63) is 21.9 Å². The van der Waals surface area contributed by atoms with Gasteiger partial charge in [-0.05, 0) is 30.4 Å². The Kier molecular flexibility index (Phi) is 3.47. The lowest BCUT2D eigenvalue weighted by Gasteiger charge is -1.99. The van der Waals surface area contributed by atoms with E-state index >= 15 is 0 Å². The summed E-state index contributed by atoms with van der Waals surface area (Å²) in [5, 5.41) is 12.7. The maximum atomic E-state index is 10.6. The van der Waals surface area contributed by atoms with Crippen LogP contribution < -0.4 is 5.32 Å². The van der Waals surface area contributed by atoms with Gasteiger partial charge in [0.1, 0.15) is 0 Å². The quantitative estimate of drug-likeness (QED) is 0.736. The first-order chi connectivity index (χ1) is 6.24. The third kappa shape index (κ3) is 2.88. The summed E-state index contributed by atoms with van der Waals surface area (Å²) in [6.07, 6.45) is 0.802. The van der Waals surface area contributed by atoms with Crippen LogP contribution in [0.1, 0.15) is 10.4 Å². The number of aryl methyl sites for hydroxylation is 1. The third-order valence-corrected chi connectivity index (χ3v) is 2.79. The van der Waals surface area contributed by atoms with Crippen LogP contribution in [0.2, 0.25) is 0 Å². The average Bonchev–Trinajstić information content (AvgIpc) is 2.52. The molecule has 3 nitrogen and oxygen atoms in total. The van der Waals surface area contributed by atoms with E-state index < -0.39 is 5.91 Å². The summed E-state index contributed by atoms with van der Waals surface area (Å²) in [7, 11) is 0. The Morgan fingerprint density at radius 1 is 1.77 bits per heavy atom. The SMILES string of the molecule is Cc1ccsc1CCNC(=O)C#N. The van der Waals surface area contributed by atoms with Gasteiger partial charge in [0.25, 0.3) is 0 Å². The Labute approximate surface area is 81.0 Å². The number of nitrogens with zero attached hydrogens (tertiary/aromatic N) is 1. The maximum absolute atomic E-state index is 10.6. The van der Waals surface area contributed by atoms with Crippen molar-refractivity contribution in [1.82, 2.24) is 5.32 Å². The van der Waals surface area contributed by atoms with Gasteiger partial charge >= 0.3 is 5.91 Å². The molecule has 68 valence electrons. The van der Waals surface area contributed by atoms with E-state index in [-0.39, 0.29) is 0 Å². The van der Waals surface area contributed by atoms with Gasteiger partial charge in [-0.2, -0.15) is 5.26 Å². The standard InChI is InChI=1S/C9H10N2OS/c1-7-3-5-13-8(7)2-4-11-9(12)6-10/h3,5H,2,4H2,1H3,(H,11,12). The molecular weight excluding hydrogens is 184 g/mol. The monoisotopic (exact) mass is 194 g/mol. The van der Waals surface area contributed by atoms with Crippen molar-refractivity contribution in [2.24, 2.45) is 0 Å². The molecule has 4 heteroatoms. The topological polar surface area (TPSA) is 52.9 Å². The van der Waals surface area contributed by atoms with Crippen LogP contribution in [0.3, 0.4) is 0 Å². The fourth-order valence-electron chi connectivity index (χ4n) is 0.989. The fourth-order valence-corrected chi connectivity index (χ4v) is 1.90. The number of hydrogen-bond donors (Lipinski definition) is 1. The molecule has 13 heavy (non-hydrogen) atoms. The van der Waals surface area contributed by atoms with E-state index in [2.05, 4.69) is 5.32 Å². The number of hydrogen-bond acceptors (Lipinski definition) is 3.